The largest absolute Gasteiger partial charge is 0.351 e. The van der Waals surface area contributed by atoms with Crippen LogP contribution in [0, 0.1) is 5.82 Å². The van der Waals surface area contributed by atoms with Crippen LogP contribution in [-0.2, 0) is 11.3 Å². The fourth-order valence-corrected chi connectivity index (χ4v) is 4.26. The van der Waals surface area contributed by atoms with E-state index in [4.69, 9.17) is 0 Å². The summed E-state index contributed by atoms with van der Waals surface area (Å²) in [6, 6.07) is 14.4. The lowest BCUT2D eigenvalue weighted by Gasteiger charge is -2.33. The highest BCUT2D eigenvalue weighted by Gasteiger charge is 2.34. The third kappa shape index (κ3) is 5.80. The topological polar surface area (TPSA) is 75.2 Å². The molecular formula is C26H27FN4O2. The van der Waals surface area contributed by atoms with E-state index in [1.54, 1.807) is 12.1 Å². The molecule has 1 unspecified atom stereocenters. The maximum Gasteiger partial charge on any atom is 0.275 e. The average Bonchev–Trinajstić information content (AvgIpc) is 2.86. The molecule has 1 aliphatic rings. The molecule has 1 aromatic heterocycles. The first kappa shape index (κ1) is 22.6. The highest BCUT2D eigenvalue weighted by atomic mass is 19.1. The van der Waals surface area contributed by atoms with Gasteiger partial charge in [0, 0.05) is 25.0 Å². The first-order chi connectivity index (χ1) is 16.1. The Balaban J connectivity index is 1.71. The van der Waals surface area contributed by atoms with Crippen molar-refractivity contribution in [3.05, 3.63) is 95.8 Å². The molecule has 1 N–H and O–H groups in total. The van der Waals surface area contributed by atoms with Crippen molar-refractivity contribution in [2.24, 2.45) is 0 Å². The highest BCUT2D eigenvalue weighted by molar-refractivity contribution is 5.96. The van der Waals surface area contributed by atoms with Crippen molar-refractivity contribution < 1.29 is 14.0 Å². The van der Waals surface area contributed by atoms with Gasteiger partial charge in [-0.3, -0.25) is 14.6 Å². The van der Waals surface area contributed by atoms with Crippen LogP contribution in [0.25, 0.3) is 0 Å². The number of nitrogens with one attached hydrogen (secondary N) is 1. The number of rotatable bonds is 7. The van der Waals surface area contributed by atoms with E-state index in [2.05, 4.69) is 15.3 Å². The highest BCUT2D eigenvalue weighted by Crippen LogP contribution is 2.27. The molecule has 33 heavy (non-hydrogen) atoms. The molecule has 0 spiro atoms. The Morgan fingerprint density at radius 3 is 2.39 bits per heavy atom. The average molecular weight is 447 g/mol. The molecule has 1 atom stereocenters. The Morgan fingerprint density at radius 1 is 1.00 bits per heavy atom. The molecule has 7 heteroatoms. The molecule has 0 bridgehead atoms. The second kappa shape index (κ2) is 10.8. The van der Waals surface area contributed by atoms with Gasteiger partial charge in [0.05, 0.1) is 6.20 Å². The lowest BCUT2D eigenvalue weighted by Crippen LogP contribution is -2.47. The van der Waals surface area contributed by atoms with E-state index >= 15 is 0 Å². The first-order valence-electron chi connectivity index (χ1n) is 11.3. The van der Waals surface area contributed by atoms with E-state index in [-0.39, 0.29) is 30.0 Å². The maximum absolute atomic E-state index is 13.6. The SMILES string of the molecule is O=C(NC1CCCCC1)C(c1ccccc1)N(Cc1ccc(F)cc1)C(=O)c1cnccn1. The lowest BCUT2D eigenvalue weighted by atomic mass is 9.94. The fourth-order valence-electron chi connectivity index (χ4n) is 4.26. The van der Waals surface area contributed by atoms with Crippen LogP contribution in [0.2, 0.25) is 0 Å². The molecule has 0 aliphatic heterocycles. The number of nitrogens with zero attached hydrogens (tertiary/aromatic N) is 3. The molecule has 1 fully saturated rings. The Labute approximate surface area is 192 Å². The smallest absolute Gasteiger partial charge is 0.275 e. The Hall–Kier alpha value is -3.61. The molecule has 3 aromatic rings. The predicted molar refractivity (Wildman–Crippen MR) is 123 cm³/mol. The summed E-state index contributed by atoms with van der Waals surface area (Å²) in [5, 5.41) is 3.17. The van der Waals surface area contributed by atoms with Crippen molar-refractivity contribution >= 4 is 11.8 Å². The third-order valence-corrected chi connectivity index (χ3v) is 5.94. The zero-order valence-electron chi connectivity index (χ0n) is 18.4. The van der Waals surface area contributed by atoms with Gasteiger partial charge in [0.1, 0.15) is 17.6 Å². The molecule has 2 amide bonds. The van der Waals surface area contributed by atoms with Gasteiger partial charge >= 0.3 is 0 Å². The van der Waals surface area contributed by atoms with Crippen LogP contribution in [0.4, 0.5) is 4.39 Å². The molecule has 4 rings (SSSR count). The van der Waals surface area contributed by atoms with Crippen LogP contribution in [0.3, 0.4) is 0 Å². The van der Waals surface area contributed by atoms with E-state index in [9.17, 15) is 14.0 Å². The molecule has 0 saturated heterocycles. The summed E-state index contributed by atoms with van der Waals surface area (Å²) in [6.07, 6.45) is 9.54. The van der Waals surface area contributed by atoms with E-state index in [0.717, 1.165) is 25.7 Å². The van der Waals surface area contributed by atoms with Crippen molar-refractivity contribution in [3.63, 3.8) is 0 Å². The van der Waals surface area contributed by atoms with Gasteiger partial charge in [-0.25, -0.2) is 9.37 Å². The van der Waals surface area contributed by atoms with Crippen molar-refractivity contribution in [1.29, 1.82) is 0 Å². The number of hydrogen-bond acceptors (Lipinski definition) is 4. The van der Waals surface area contributed by atoms with Gasteiger partial charge in [-0.2, -0.15) is 0 Å². The van der Waals surface area contributed by atoms with Crippen molar-refractivity contribution in [2.75, 3.05) is 0 Å². The van der Waals surface area contributed by atoms with E-state index < -0.39 is 11.9 Å². The summed E-state index contributed by atoms with van der Waals surface area (Å²) in [5.74, 6) is -1.01. The predicted octanol–water partition coefficient (Wildman–Crippen LogP) is 4.45. The number of halogens is 1. The normalized spacial score (nSPS) is 14.9. The second-order valence-corrected chi connectivity index (χ2v) is 8.31. The third-order valence-electron chi connectivity index (χ3n) is 5.94. The Kier molecular flexibility index (Phi) is 7.40. The number of hydrogen-bond donors (Lipinski definition) is 1. The molecule has 1 saturated carbocycles. The fraction of sp³-hybridized carbons (Fsp3) is 0.308. The first-order valence-corrected chi connectivity index (χ1v) is 11.3. The van der Waals surface area contributed by atoms with E-state index in [1.807, 2.05) is 30.3 Å². The summed E-state index contributed by atoms with van der Waals surface area (Å²) in [7, 11) is 0. The molecule has 1 aliphatic carbocycles. The van der Waals surface area contributed by atoms with Crippen LogP contribution in [-0.4, -0.2) is 32.7 Å². The minimum Gasteiger partial charge on any atom is -0.351 e. The van der Waals surface area contributed by atoms with Crippen LogP contribution < -0.4 is 5.32 Å². The van der Waals surface area contributed by atoms with Crippen LogP contribution in [0.5, 0.6) is 0 Å². The van der Waals surface area contributed by atoms with Gasteiger partial charge in [0.25, 0.3) is 5.91 Å². The summed E-state index contributed by atoms with van der Waals surface area (Å²) in [6.45, 7) is 0.118. The van der Waals surface area contributed by atoms with E-state index in [1.165, 1.54) is 42.0 Å². The molecule has 2 aromatic carbocycles. The zero-order valence-corrected chi connectivity index (χ0v) is 18.4. The molecule has 1 heterocycles. The van der Waals surface area contributed by atoms with E-state index in [0.29, 0.717) is 11.1 Å². The summed E-state index contributed by atoms with van der Waals surface area (Å²) in [4.78, 5) is 36.9. The second-order valence-electron chi connectivity index (χ2n) is 8.31. The van der Waals surface area contributed by atoms with Gasteiger partial charge in [0.2, 0.25) is 5.91 Å². The Morgan fingerprint density at radius 2 is 1.73 bits per heavy atom. The lowest BCUT2D eigenvalue weighted by molar-refractivity contribution is -0.127. The molecule has 6 nitrogen and oxygen atoms in total. The summed E-state index contributed by atoms with van der Waals surface area (Å²) < 4.78 is 13.5. The molecular weight excluding hydrogens is 419 g/mol. The number of carbonyl (C=O) groups is 2. The maximum atomic E-state index is 13.6. The van der Waals surface area contributed by atoms with Gasteiger partial charge in [-0.05, 0) is 36.1 Å². The number of aromatic nitrogens is 2. The van der Waals surface area contributed by atoms with Crippen LogP contribution in [0.1, 0.15) is 59.8 Å². The molecule has 0 radical (unpaired) electrons. The number of amides is 2. The van der Waals surface area contributed by atoms with Crippen LogP contribution in [0.15, 0.2) is 73.2 Å². The zero-order chi connectivity index (χ0) is 23.0. The van der Waals surface area contributed by atoms with Gasteiger partial charge < -0.3 is 10.2 Å². The van der Waals surface area contributed by atoms with Crippen molar-refractivity contribution in [1.82, 2.24) is 20.2 Å². The number of carbonyl (C=O) groups excluding carboxylic acids is 2. The quantitative estimate of drug-likeness (QED) is 0.582. The van der Waals surface area contributed by atoms with Gasteiger partial charge in [0.15, 0.2) is 0 Å². The molecule has 170 valence electrons. The monoisotopic (exact) mass is 446 g/mol. The standard InChI is InChI=1S/C26H27FN4O2/c27-21-13-11-19(12-14-21)18-31(26(33)23-17-28-15-16-29-23)24(20-7-3-1-4-8-20)25(32)30-22-9-5-2-6-10-22/h1,3-4,7-8,11-17,22,24H,2,5-6,9-10,18H2,(H,30,32). The van der Waals surface area contributed by atoms with Gasteiger partial charge in [-0.15, -0.1) is 0 Å². The minimum atomic E-state index is -0.868. The van der Waals surface area contributed by atoms with Crippen molar-refractivity contribution in [3.8, 4) is 0 Å². The Bertz CT molecular complexity index is 1050. The minimum absolute atomic E-state index is 0.0942. The van der Waals surface area contributed by atoms with Crippen LogP contribution >= 0.6 is 0 Å². The summed E-state index contributed by atoms with van der Waals surface area (Å²) >= 11 is 0. The summed E-state index contributed by atoms with van der Waals surface area (Å²) in [5.41, 5.74) is 1.55. The number of benzene rings is 2. The van der Waals surface area contributed by atoms with Crippen molar-refractivity contribution in [2.45, 2.75) is 50.7 Å². The van der Waals surface area contributed by atoms with Gasteiger partial charge in [-0.1, -0.05) is 61.7 Å².